The monoisotopic (exact) mass is 665 g/mol. The molecule has 7 heterocycles. The Morgan fingerprint density at radius 2 is 1.25 bits per heavy atom. The van der Waals surface area contributed by atoms with Gasteiger partial charge in [-0.2, -0.15) is 9.13 Å². The molecule has 0 saturated carbocycles. The summed E-state index contributed by atoms with van der Waals surface area (Å²) in [5.41, 5.74) is 17.3. The second-order valence-electron chi connectivity index (χ2n) is 14.6. The Hall–Kier alpha value is -6.72. The SMILES string of the molecule is c1ccc(-c2ccc(-c3cn4[n+](c3)C35c6c(cccc6-4)N4c6ccccc6CCc6cc7c8ccccc8n(c7c3c64)-c3cccc[n+]35)cc2)cc1. The van der Waals surface area contributed by atoms with E-state index in [1.54, 1.807) is 0 Å². The van der Waals surface area contributed by atoms with Crippen LogP contribution in [-0.4, -0.2) is 9.25 Å². The van der Waals surface area contributed by atoms with Crippen LogP contribution in [0.2, 0.25) is 0 Å². The van der Waals surface area contributed by atoms with E-state index in [4.69, 9.17) is 0 Å². The number of aryl methyl sites for hydroxylation is 2. The summed E-state index contributed by atoms with van der Waals surface area (Å²) in [6.45, 7) is 0. The molecule has 3 aromatic heterocycles. The number of aromatic nitrogens is 4. The van der Waals surface area contributed by atoms with Crippen molar-refractivity contribution in [2.24, 2.45) is 0 Å². The summed E-state index contributed by atoms with van der Waals surface area (Å²) in [7, 11) is 0. The van der Waals surface area contributed by atoms with E-state index in [0.717, 1.165) is 12.8 Å². The van der Waals surface area contributed by atoms with Gasteiger partial charge in [-0.3, -0.25) is 0 Å². The number of para-hydroxylation sites is 2. The van der Waals surface area contributed by atoms with Crippen LogP contribution in [0.5, 0.6) is 0 Å². The van der Waals surface area contributed by atoms with Gasteiger partial charge in [0, 0.05) is 22.5 Å². The highest BCUT2D eigenvalue weighted by molar-refractivity contribution is 6.14. The fraction of sp³-hybridized carbons (Fsp3) is 0.0638. The normalized spacial score (nSPS) is 16.7. The van der Waals surface area contributed by atoms with Gasteiger partial charge in [0.1, 0.15) is 22.3 Å². The van der Waals surface area contributed by atoms with E-state index in [9.17, 15) is 0 Å². The van der Waals surface area contributed by atoms with Crippen LogP contribution in [0, 0.1) is 0 Å². The summed E-state index contributed by atoms with van der Waals surface area (Å²) >= 11 is 0. The van der Waals surface area contributed by atoms with Gasteiger partial charge in [-0.1, -0.05) is 102 Å². The maximum atomic E-state index is 2.61. The summed E-state index contributed by atoms with van der Waals surface area (Å²) in [6, 6.07) is 53.8. The Labute approximate surface area is 300 Å². The van der Waals surface area contributed by atoms with Crippen molar-refractivity contribution in [3.8, 4) is 33.8 Å². The molecule has 0 bridgehead atoms. The van der Waals surface area contributed by atoms with Gasteiger partial charge in [0.2, 0.25) is 6.20 Å². The highest BCUT2D eigenvalue weighted by Gasteiger charge is 2.69. The Morgan fingerprint density at radius 3 is 2.15 bits per heavy atom. The van der Waals surface area contributed by atoms with E-state index in [1.807, 2.05) is 0 Å². The number of hydrogen-bond acceptors (Lipinski definition) is 1. The van der Waals surface area contributed by atoms with Crippen molar-refractivity contribution >= 4 is 38.9 Å². The Balaban J connectivity index is 1.19. The van der Waals surface area contributed by atoms with Crippen molar-refractivity contribution in [3.63, 3.8) is 0 Å². The first kappa shape index (κ1) is 27.1. The molecule has 13 rings (SSSR count). The molecule has 4 aliphatic heterocycles. The van der Waals surface area contributed by atoms with E-state index < -0.39 is 5.66 Å². The smallest absolute Gasteiger partial charge is 0.308 e. The molecule has 0 amide bonds. The molecule has 0 radical (unpaired) electrons. The number of fused-ring (bicyclic) bond motifs is 10. The molecular formula is C47H31N5+2. The maximum absolute atomic E-state index is 2.61. The molecule has 1 atom stereocenters. The first-order valence-electron chi connectivity index (χ1n) is 18.2. The zero-order valence-corrected chi connectivity index (χ0v) is 28.2. The van der Waals surface area contributed by atoms with Gasteiger partial charge >= 0.3 is 5.66 Å². The lowest BCUT2D eigenvalue weighted by Gasteiger charge is -2.40. The van der Waals surface area contributed by atoms with Gasteiger partial charge in [0.15, 0.2) is 5.52 Å². The van der Waals surface area contributed by atoms with Crippen molar-refractivity contribution in [1.29, 1.82) is 0 Å². The third-order valence-corrected chi connectivity index (χ3v) is 12.2. The minimum Gasteiger partial charge on any atom is -0.308 e. The van der Waals surface area contributed by atoms with Crippen LogP contribution in [0.15, 0.2) is 164 Å². The molecule has 52 heavy (non-hydrogen) atoms. The number of nitrogens with zero attached hydrogens (tertiary/aromatic N) is 5. The zero-order chi connectivity index (χ0) is 33.7. The van der Waals surface area contributed by atoms with E-state index >= 15 is 0 Å². The Morgan fingerprint density at radius 1 is 0.538 bits per heavy atom. The predicted octanol–water partition coefficient (Wildman–Crippen LogP) is 9.29. The van der Waals surface area contributed by atoms with E-state index in [2.05, 4.69) is 188 Å². The lowest BCUT2D eigenvalue weighted by molar-refractivity contribution is -0.993. The van der Waals surface area contributed by atoms with Crippen molar-refractivity contribution in [3.05, 3.63) is 186 Å². The number of anilines is 3. The number of benzene rings is 6. The molecule has 5 nitrogen and oxygen atoms in total. The molecule has 0 fully saturated rings. The summed E-state index contributed by atoms with van der Waals surface area (Å²) in [6.07, 6.45) is 9.03. The average Bonchev–Trinajstić information content (AvgIpc) is 3.83. The van der Waals surface area contributed by atoms with Crippen LogP contribution < -0.4 is 14.1 Å². The Kier molecular flexibility index (Phi) is 4.86. The van der Waals surface area contributed by atoms with Crippen molar-refractivity contribution < 1.29 is 9.25 Å². The largest absolute Gasteiger partial charge is 0.394 e. The van der Waals surface area contributed by atoms with Gasteiger partial charge in [0.05, 0.1) is 29.3 Å². The van der Waals surface area contributed by atoms with Crippen LogP contribution in [0.25, 0.3) is 55.6 Å². The van der Waals surface area contributed by atoms with E-state index in [-0.39, 0.29) is 0 Å². The number of rotatable bonds is 2. The second kappa shape index (κ2) is 9.33. The van der Waals surface area contributed by atoms with Crippen LogP contribution >= 0.6 is 0 Å². The molecule has 242 valence electrons. The third kappa shape index (κ3) is 3.05. The highest BCUT2D eigenvalue weighted by atomic mass is 15.5. The minimum atomic E-state index is -0.658. The number of hydrogen-bond donors (Lipinski definition) is 0. The maximum Gasteiger partial charge on any atom is 0.394 e. The number of pyridine rings is 1. The van der Waals surface area contributed by atoms with Crippen LogP contribution in [0.3, 0.4) is 0 Å². The molecule has 1 unspecified atom stereocenters. The topological polar surface area (TPSA) is 20.9 Å². The summed E-state index contributed by atoms with van der Waals surface area (Å²) in [5, 5.41) is 2.63. The lowest BCUT2D eigenvalue weighted by atomic mass is 9.79. The summed E-state index contributed by atoms with van der Waals surface area (Å²) in [5.74, 6) is 1.17. The van der Waals surface area contributed by atoms with Crippen molar-refractivity contribution in [1.82, 2.24) is 9.25 Å². The summed E-state index contributed by atoms with van der Waals surface area (Å²) < 4.78 is 10.0. The predicted molar refractivity (Wildman–Crippen MR) is 205 cm³/mol. The van der Waals surface area contributed by atoms with Crippen LogP contribution in [0.4, 0.5) is 17.1 Å². The highest BCUT2D eigenvalue weighted by Crippen LogP contribution is 2.60. The Bertz CT molecular complexity index is 3020. The summed E-state index contributed by atoms with van der Waals surface area (Å²) in [4.78, 5) is 2.61. The molecule has 0 saturated heterocycles. The van der Waals surface area contributed by atoms with Crippen LogP contribution in [0.1, 0.15) is 22.3 Å². The molecule has 0 N–H and O–H groups in total. The standard InChI is InChI=1S/C47H31N5/c1-2-11-30(12-3-1)31-20-22-32(23-21-31)35-28-49-40-17-10-18-41-43(40)47(50(49)29-35)44-45-34(25-24-33-13-4-6-15-38(33)51(41)45)27-37-36-14-5-7-16-39(36)52(46(37)44)42-19-8-9-26-48(42)47/h1-23,26-29H,24-25H2/q+2. The molecule has 1 spiro atoms. The van der Waals surface area contributed by atoms with E-state index in [0.29, 0.717) is 0 Å². The van der Waals surface area contributed by atoms with Gasteiger partial charge < -0.3 is 4.90 Å². The fourth-order valence-corrected chi connectivity index (χ4v) is 10.1. The molecular weight excluding hydrogens is 635 g/mol. The molecule has 4 aliphatic rings. The van der Waals surface area contributed by atoms with E-state index in [1.165, 1.54) is 94.9 Å². The van der Waals surface area contributed by atoms with Gasteiger partial charge in [-0.25, -0.2) is 0 Å². The lowest BCUT2D eigenvalue weighted by Crippen LogP contribution is -2.77. The zero-order valence-electron chi connectivity index (χ0n) is 28.2. The minimum absolute atomic E-state index is 0.658. The average molecular weight is 666 g/mol. The molecule has 9 aromatic rings. The molecule has 0 aliphatic carbocycles. The van der Waals surface area contributed by atoms with Crippen molar-refractivity contribution in [2.45, 2.75) is 18.5 Å². The van der Waals surface area contributed by atoms with Gasteiger partial charge in [-0.05, 0) is 83.1 Å². The van der Waals surface area contributed by atoms with Gasteiger partial charge in [-0.15, -0.1) is 4.68 Å². The third-order valence-electron chi connectivity index (χ3n) is 12.2. The first-order chi connectivity index (χ1) is 25.8. The first-order valence-corrected chi connectivity index (χ1v) is 18.2. The molecule has 6 aromatic carbocycles. The van der Waals surface area contributed by atoms with Crippen LogP contribution in [-0.2, 0) is 18.5 Å². The molecule has 5 heteroatoms. The quantitative estimate of drug-likeness (QED) is 0.169. The second-order valence-corrected chi connectivity index (χ2v) is 14.6. The fourth-order valence-electron chi connectivity index (χ4n) is 10.1. The van der Waals surface area contributed by atoms with Gasteiger partial charge in [0.25, 0.3) is 5.82 Å². The van der Waals surface area contributed by atoms with Crippen molar-refractivity contribution in [2.75, 3.05) is 4.90 Å².